The van der Waals surface area contributed by atoms with Crippen LogP contribution >= 0.6 is 0 Å². The highest BCUT2D eigenvalue weighted by atomic mass is 19.4. The summed E-state index contributed by atoms with van der Waals surface area (Å²) < 4.78 is 157. The molecule has 0 fully saturated rings. The smallest absolute Gasteiger partial charge is 0.384 e. The molecule has 0 saturated heterocycles. The van der Waals surface area contributed by atoms with Crippen LogP contribution in [0.15, 0.2) is 0 Å². The predicted molar refractivity (Wildman–Crippen MR) is 52.0 cm³/mol. The number of ether oxygens (including phenoxy) is 1. The van der Waals surface area contributed by atoms with Gasteiger partial charge < -0.3 is 4.74 Å². The van der Waals surface area contributed by atoms with E-state index in [9.17, 15) is 57.5 Å². The van der Waals surface area contributed by atoms with Gasteiger partial charge >= 0.3 is 42.0 Å². The average Bonchev–Trinajstić information content (AvgIpc) is 2.36. The highest BCUT2D eigenvalue weighted by Crippen LogP contribution is 2.58. The molecule has 24 heavy (non-hydrogen) atoms. The van der Waals surface area contributed by atoms with Crippen molar-refractivity contribution >= 4 is 5.97 Å². The SMILES string of the molecule is CC(=O)OC(C)C(F)(F)C(F)(F)C(F)(F)C(F)(F)C(F)(F)C(F)F. The van der Waals surface area contributed by atoms with E-state index in [4.69, 9.17) is 0 Å². The van der Waals surface area contributed by atoms with Crippen molar-refractivity contribution in [2.45, 2.75) is 56.0 Å². The molecule has 1 atom stereocenters. The summed E-state index contributed by atoms with van der Waals surface area (Å²) in [5.41, 5.74) is 0. The molecule has 0 spiro atoms. The van der Waals surface area contributed by atoms with Crippen molar-refractivity contribution in [1.29, 1.82) is 0 Å². The van der Waals surface area contributed by atoms with E-state index in [-0.39, 0.29) is 6.92 Å². The summed E-state index contributed by atoms with van der Waals surface area (Å²) in [5.74, 6) is -37.5. The van der Waals surface area contributed by atoms with Gasteiger partial charge in [0.25, 0.3) is 0 Å². The van der Waals surface area contributed by atoms with Crippen molar-refractivity contribution in [1.82, 2.24) is 0 Å². The third kappa shape index (κ3) is 3.10. The quantitative estimate of drug-likeness (QED) is 0.478. The van der Waals surface area contributed by atoms with Crippen LogP contribution in [0, 0.1) is 0 Å². The number of halogens is 12. The Hall–Kier alpha value is -1.37. The number of carbonyl (C=O) groups excluding carboxylic acids is 1. The first kappa shape index (κ1) is 22.6. The molecular weight excluding hydrogens is 380 g/mol. The molecule has 0 rings (SSSR count). The number of carbonyl (C=O) groups is 1. The maximum absolute atomic E-state index is 13.3. The molecule has 0 heterocycles. The Bertz CT molecular complexity index is 472. The van der Waals surface area contributed by atoms with Gasteiger partial charge in [-0.3, -0.25) is 4.79 Å². The second kappa shape index (κ2) is 6.17. The Morgan fingerprint density at radius 2 is 1.08 bits per heavy atom. The fourth-order valence-electron chi connectivity index (χ4n) is 1.33. The van der Waals surface area contributed by atoms with Gasteiger partial charge in [0.1, 0.15) is 0 Å². The molecule has 0 aromatic rings. The summed E-state index contributed by atoms with van der Waals surface area (Å²) in [7, 11) is 0. The van der Waals surface area contributed by atoms with E-state index in [1.54, 1.807) is 0 Å². The molecule has 0 radical (unpaired) electrons. The third-order valence-corrected chi connectivity index (χ3v) is 2.75. The van der Waals surface area contributed by atoms with Crippen LogP contribution < -0.4 is 0 Å². The van der Waals surface area contributed by atoms with Crippen LogP contribution in [0.1, 0.15) is 13.8 Å². The zero-order valence-corrected chi connectivity index (χ0v) is 11.5. The van der Waals surface area contributed by atoms with E-state index in [1.807, 2.05) is 0 Å². The minimum Gasteiger partial charge on any atom is -0.456 e. The standard InChI is InChI=1S/C10H8F12O2/c1-3(24-4(2)23)6(13,14)8(17,18)10(21,22)9(19,20)7(15,16)5(11)12/h3,5H,1-2H3. The molecule has 14 heteroatoms. The number of rotatable bonds is 7. The molecule has 0 aliphatic heterocycles. The van der Waals surface area contributed by atoms with Crippen molar-refractivity contribution in [2.24, 2.45) is 0 Å². The summed E-state index contributed by atoms with van der Waals surface area (Å²) in [5, 5.41) is 0. The van der Waals surface area contributed by atoms with E-state index in [1.165, 1.54) is 0 Å². The third-order valence-electron chi connectivity index (χ3n) is 2.75. The Balaban J connectivity index is 6.11. The Morgan fingerprint density at radius 1 is 0.750 bits per heavy atom. The highest BCUT2D eigenvalue weighted by molar-refractivity contribution is 5.66. The minimum atomic E-state index is -7.63. The normalized spacial score (nSPS) is 16.3. The largest absolute Gasteiger partial charge is 0.456 e. The molecule has 0 aromatic heterocycles. The van der Waals surface area contributed by atoms with Gasteiger partial charge in [-0.25, -0.2) is 8.78 Å². The first-order valence-electron chi connectivity index (χ1n) is 5.62. The molecule has 0 aliphatic carbocycles. The highest BCUT2D eigenvalue weighted by Gasteiger charge is 2.88. The Kier molecular flexibility index (Phi) is 5.82. The molecule has 1 unspecified atom stereocenters. The van der Waals surface area contributed by atoms with Crippen molar-refractivity contribution < 1.29 is 62.2 Å². The van der Waals surface area contributed by atoms with E-state index in [2.05, 4.69) is 4.74 Å². The van der Waals surface area contributed by atoms with E-state index >= 15 is 0 Å². The molecule has 0 saturated carbocycles. The second-order valence-electron chi connectivity index (χ2n) is 4.52. The lowest BCUT2D eigenvalue weighted by atomic mass is 9.92. The van der Waals surface area contributed by atoms with Gasteiger partial charge in [-0.2, -0.15) is 43.9 Å². The van der Waals surface area contributed by atoms with Crippen LogP contribution in [0.4, 0.5) is 52.7 Å². The van der Waals surface area contributed by atoms with Crippen LogP contribution in [0.5, 0.6) is 0 Å². The van der Waals surface area contributed by atoms with Gasteiger partial charge in [0.05, 0.1) is 0 Å². The van der Waals surface area contributed by atoms with Gasteiger partial charge in [-0.1, -0.05) is 0 Å². The molecule has 0 amide bonds. The van der Waals surface area contributed by atoms with E-state index in [0.29, 0.717) is 6.92 Å². The van der Waals surface area contributed by atoms with Gasteiger partial charge in [0.15, 0.2) is 6.10 Å². The predicted octanol–water partition coefficient (Wildman–Crippen LogP) is 4.38. The molecule has 0 aromatic carbocycles. The lowest BCUT2D eigenvalue weighted by Gasteiger charge is -2.40. The topological polar surface area (TPSA) is 26.3 Å². The molecule has 0 aliphatic rings. The summed E-state index contributed by atoms with van der Waals surface area (Å²) in [6.07, 6.45) is -9.03. The Morgan fingerprint density at radius 3 is 1.38 bits per heavy atom. The van der Waals surface area contributed by atoms with Crippen LogP contribution in [0.2, 0.25) is 0 Å². The van der Waals surface area contributed by atoms with Gasteiger partial charge in [-0.15, -0.1) is 0 Å². The van der Waals surface area contributed by atoms with Crippen LogP contribution in [-0.4, -0.2) is 48.1 Å². The van der Waals surface area contributed by atoms with Crippen molar-refractivity contribution in [3.63, 3.8) is 0 Å². The molecular formula is C10H8F12O2. The lowest BCUT2D eigenvalue weighted by Crippen LogP contribution is -2.70. The van der Waals surface area contributed by atoms with Gasteiger partial charge in [0, 0.05) is 6.92 Å². The number of esters is 1. The lowest BCUT2D eigenvalue weighted by molar-refractivity contribution is -0.419. The van der Waals surface area contributed by atoms with Crippen molar-refractivity contribution in [2.75, 3.05) is 0 Å². The molecule has 0 bridgehead atoms. The van der Waals surface area contributed by atoms with Crippen molar-refractivity contribution in [3.05, 3.63) is 0 Å². The summed E-state index contributed by atoms with van der Waals surface area (Å²) in [4.78, 5) is 10.4. The Labute approximate surface area is 125 Å². The number of hydrogen-bond acceptors (Lipinski definition) is 2. The summed E-state index contributed by atoms with van der Waals surface area (Å²) in [6.45, 7) is 0.247. The maximum atomic E-state index is 13.3. The summed E-state index contributed by atoms with van der Waals surface area (Å²) >= 11 is 0. The first-order chi connectivity index (χ1) is 10.3. The fourth-order valence-corrected chi connectivity index (χ4v) is 1.33. The zero-order chi connectivity index (χ0) is 19.9. The van der Waals surface area contributed by atoms with Gasteiger partial charge in [-0.05, 0) is 6.92 Å². The molecule has 2 nitrogen and oxygen atoms in total. The number of hydrogen-bond donors (Lipinski definition) is 0. The maximum Gasteiger partial charge on any atom is 0.384 e. The second-order valence-corrected chi connectivity index (χ2v) is 4.52. The average molecular weight is 388 g/mol. The zero-order valence-electron chi connectivity index (χ0n) is 11.5. The van der Waals surface area contributed by atoms with Gasteiger partial charge in [0.2, 0.25) is 0 Å². The summed E-state index contributed by atoms with van der Waals surface area (Å²) in [6, 6.07) is 0. The van der Waals surface area contributed by atoms with Crippen LogP contribution in [0.25, 0.3) is 0 Å². The monoisotopic (exact) mass is 388 g/mol. The van der Waals surface area contributed by atoms with Crippen LogP contribution in [0.3, 0.4) is 0 Å². The number of alkyl halides is 12. The fraction of sp³-hybridized carbons (Fsp3) is 0.900. The molecule has 144 valence electrons. The molecule has 0 N–H and O–H groups in total. The first-order valence-corrected chi connectivity index (χ1v) is 5.62. The van der Waals surface area contributed by atoms with E-state index in [0.717, 1.165) is 0 Å². The minimum absolute atomic E-state index is 0.116. The van der Waals surface area contributed by atoms with Crippen LogP contribution in [-0.2, 0) is 9.53 Å². The van der Waals surface area contributed by atoms with E-state index < -0.39 is 48.1 Å². The van der Waals surface area contributed by atoms with Crippen molar-refractivity contribution in [3.8, 4) is 0 Å².